The fraction of sp³-hybridized carbons (Fsp3) is 1.00. The SMILES string of the molecule is COCC(C)NC(C)C(F)F. The zero-order valence-electron chi connectivity index (χ0n) is 7.10. The highest BCUT2D eigenvalue weighted by Gasteiger charge is 2.15. The van der Waals surface area contributed by atoms with Crippen LogP contribution in [0.3, 0.4) is 0 Å². The molecular formula is C7H15F2NO. The van der Waals surface area contributed by atoms with Gasteiger partial charge in [0.25, 0.3) is 6.43 Å². The largest absolute Gasteiger partial charge is 0.383 e. The molecule has 0 aromatic carbocycles. The molecule has 0 bridgehead atoms. The molecule has 0 aromatic heterocycles. The van der Waals surface area contributed by atoms with Crippen LogP contribution in [-0.4, -0.2) is 32.2 Å². The molecule has 11 heavy (non-hydrogen) atoms. The summed E-state index contributed by atoms with van der Waals surface area (Å²) in [5, 5.41) is 2.71. The molecule has 0 radical (unpaired) electrons. The Morgan fingerprint density at radius 1 is 1.36 bits per heavy atom. The second-order valence-corrected chi connectivity index (χ2v) is 2.65. The fourth-order valence-electron chi connectivity index (χ4n) is 0.820. The van der Waals surface area contributed by atoms with Crippen LogP contribution in [0.15, 0.2) is 0 Å². The van der Waals surface area contributed by atoms with Crippen molar-refractivity contribution < 1.29 is 13.5 Å². The lowest BCUT2D eigenvalue weighted by Crippen LogP contribution is -2.41. The summed E-state index contributed by atoms with van der Waals surface area (Å²) in [6.07, 6.45) is -2.31. The van der Waals surface area contributed by atoms with E-state index in [0.717, 1.165) is 0 Å². The van der Waals surface area contributed by atoms with Crippen molar-refractivity contribution in [3.63, 3.8) is 0 Å². The first-order chi connectivity index (χ1) is 5.07. The van der Waals surface area contributed by atoms with Gasteiger partial charge < -0.3 is 10.1 Å². The van der Waals surface area contributed by atoms with Crippen LogP contribution in [0.2, 0.25) is 0 Å². The van der Waals surface area contributed by atoms with Gasteiger partial charge in [0, 0.05) is 13.2 Å². The molecule has 0 aliphatic carbocycles. The van der Waals surface area contributed by atoms with Crippen LogP contribution in [-0.2, 0) is 4.74 Å². The van der Waals surface area contributed by atoms with Crippen LogP contribution in [0, 0.1) is 0 Å². The van der Waals surface area contributed by atoms with E-state index < -0.39 is 12.5 Å². The summed E-state index contributed by atoms with van der Waals surface area (Å²) in [6, 6.07) is -0.788. The van der Waals surface area contributed by atoms with Gasteiger partial charge in [-0.15, -0.1) is 0 Å². The Morgan fingerprint density at radius 3 is 2.27 bits per heavy atom. The molecule has 0 aromatic rings. The summed E-state index contributed by atoms with van der Waals surface area (Å²) in [4.78, 5) is 0. The smallest absolute Gasteiger partial charge is 0.253 e. The zero-order chi connectivity index (χ0) is 8.85. The van der Waals surface area contributed by atoms with Gasteiger partial charge in [0.15, 0.2) is 0 Å². The average molecular weight is 167 g/mol. The predicted molar refractivity (Wildman–Crippen MR) is 39.9 cm³/mol. The molecule has 0 saturated carbocycles. The number of hydrogen-bond donors (Lipinski definition) is 1. The lowest BCUT2D eigenvalue weighted by molar-refractivity contribution is 0.0887. The third-order valence-electron chi connectivity index (χ3n) is 1.34. The van der Waals surface area contributed by atoms with Crippen LogP contribution in [0.1, 0.15) is 13.8 Å². The van der Waals surface area contributed by atoms with E-state index in [1.165, 1.54) is 6.92 Å². The standard InChI is InChI=1S/C7H15F2NO/c1-5(4-11-3)10-6(2)7(8)9/h5-7,10H,4H2,1-3H3. The summed E-state index contributed by atoms with van der Waals surface area (Å²) in [5.74, 6) is 0. The Kier molecular flexibility index (Phi) is 5.32. The third-order valence-corrected chi connectivity index (χ3v) is 1.34. The highest BCUT2D eigenvalue weighted by molar-refractivity contribution is 4.68. The van der Waals surface area contributed by atoms with Crippen molar-refractivity contribution in [3.8, 4) is 0 Å². The normalized spacial score (nSPS) is 16.9. The second kappa shape index (κ2) is 5.43. The number of nitrogens with one attached hydrogen (secondary N) is 1. The summed E-state index contributed by atoms with van der Waals surface area (Å²) >= 11 is 0. The summed E-state index contributed by atoms with van der Waals surface area (Å²) in [5.41, 5.74) is 0. The topological polar surface area (TPSA) is 21.3 Å². The van der Waals surface area contributed by atoms with Gasteiger partial charge in [-0.05, 0) is 13.8 Å². The van der Waals surface area contributed by atoms with Gasteiger partial charge in [0.1, 0.15) is 0 Å². The first kappa shape index (κ1) is 10.8. The molecular weight excluding hydrogens is 152 g/mol. The molecule has 0 rings (SSSR count). The van der Waals surface area contributed by atoms with E-state index in [0.29, 0.717) is 6.61 Å². The summed E-state index contributed by atoms with van der Waals surface area (Å²) in [7, 11) is 1.55. The van der Waals surface area contributed by atoms with Gasteiger partial charge in [-0.25, -0.2) is 8.78 Å². The first-order valence-electron chi connectivity index (χ1n) is 3.61. The molecule has 68 valence electrons. The van der Waals surface area contributed by atoms with Crippen molar-refractivity contribution in [1.82, 2.24) is 5.32 Å². The monoisotopic (exact) mass is 167 g/mol. The maximum absolute atomic E-state index is 11.9. The van der Waals surface area contributed by atoms with Crippen molar-refractivity contribution >= 4 is 0 Å². The number of ether oxygens (including phenoxy) is 1. The molecule has 0 amide bonds. The second-order valence-electron chi connectivity index (χ2n) is 2.65. The molecule has 2 atom stereocenters. The van der Waals surface area contributed by atoms with E-state index in [1.54, 1.807) is 7.11 Å². The Balaban J connectivity index is 3.48. The van der Waals surface area contributed by atoms with Crippen molar-refractivity contribution in [2.75, 3.05) is 13.7 Å². The minimum absolute atomic E-state index is 0.0241. The van der Waals surface area contributed by atoms with Crippen LogP contribution < -0.4 is 5.32 Å². The van der Waals surface area contributed by atoms with Gasteiger partial charge in [0.2, 0.25) is 0 Å². The van der Waals surface area contributed by atoms with Crippen LogP contribution in [0.4, 0.5) is 8.78 Å². The third kappa shape index (κ3) is 5.09. The van der Waals surface area contributed by atoms with Crippen molar-refractivity contribution in [2.45, 2.75) is 32.4 Å². The van der Waals surface area contributed by atoms with Crippen molar-refractivity contribution in [3.05, 3.63) is 0 Å². The van der Waals surface area contributed by atoms with Gasteiger partial charge in [-0.2, -0.15) is 0 Å². The molecule has 4 heteroatoms. The highest BCUT2D eigenvalue weighted by Crippen LogP contribution is 2.00. The fourth-order valence-corrected chi connectivity index (χ4v) is 0.820. The van der Waals surface area contributed by atoms with Crippen molar-refractivity contribution in [1.29, 1.82) is 0 Å². The molecule has 0 saturated heterocycles. The summed E-state index contributed by atoms with van der Waals surface area (Å²) < 4.78 is 28.6. The van der Waals surface area contributed by atoms with Crippen molar-refractivity contribution in [2.24, 2.45) is 0 Å². The molecule has 0 fully saturated rings. The molecule has 1 N–H and O–H groups in total. The summed E-state index contributed by atoms with van der Waals surface area (Å²) in [6.45, 7) is 3.72. The van der Waals surface area contributed by atoms with Gasteiger partial charge in [-0.1, -0.05) is 0 Å². The minimum Gasteiger partial charge on any atom is -0.383 e. The number of halogens is 2. The van der Waals surface area contributed by atoms with E-state index in [2.05, 4.69) is 5.32 Å². The van der Waals surface area contributed by atoms with E-state index in [4.69, 9.17) is 4.74 Å². The van der Waals surface area contributed by atoms with Crippen LogP contribution in [0.25, 0.3) is 0 Å². The van der Waals surface area contributed by atoms with E-state index in [9.17, 15) is 8.78 Å². The zero-order valence-corrected chi connectivity index (χ0v) is 7.10. The maximum Gasteiger partial charge on any atom is 0.253 e. The number of methoxy groups -OCH3 is 1. The lowest BCUT2D eigenvalue weighted by Gasteiger charge is -2.18. The number of hydrogen-bond acceptors (Lipinski definition) is 2. The van der Waals surface area contributed by atoms with Gasteiger partial charge in [0.05, 0.1) is 12.6 Å². The van der Waals surface area contributed by atoms with Crippen LogP contribution in [0.5, 0.6) is 0 Å². The Labute approximate surface area is 65.9 Å². The van der Waals surface area contributed by atoms with E-state index in [-0.39, 0.29) is 6.04 Å². The molecule has 0 heterocycles. The van der Waals surface area contributed by atoms with Gasteiger partial charge >= 0.3 is 0 Å². The Morgan fingerprint density at radius 2 is 1.91 bits per heavy atom. The number of rotatable bonds is 5. The van der Waals surface area contributed by atoms with Crippen LogP contribution >= 0.6 is 0 Å². The molecule has 0 spiro atoms. The maximum atomic E-state index is 11.9. The molecule has 0 aliphatic rings. The molecule has 0 aliphatic heterocycles. The first-order valence-corrected chi connectivity index (χ1v) is 3.61. The Bertz CT molecular complexity index is 100. The van der Waals surface area contributed by atoms with E-state index >= 15 is 0 Å². The molecule has 2 nitrogen and oxygen atoms in total. The predicted octanol–water partition coefficient (Wildman–Crippen LogP) is 1.26. The number of alkyl halides is 2. The minimum atomic E-state index is -2.31. The van der Waals surface area contributed by atoms with E-state index in [1.807, 2.05) is 6.92 Å². The molecule has 2 unspecified atom stereocenters. The quantitative estimate of drug-likeness (QED) is 0.665. The Hall–Kier alpha value is -0.220. The lowest BCUT2D eigenvalue weighted by atomic mass is 10.3. The highest BCUT2D eigenvalue weighted by atomic mass is 19.3. The van der Waals surface area contributed by atoms with Gasteiger partial charge in [-0.3, -0.25) is 0 Å². The average Bonchev–Trinajstić information content (AvgIpc) is 1.87.